The van der Waals surface area contributed by atoms with Gasteiger partial charge in [0.1, 0.15) is 0 Å². The minimum absolute atomic E-state index is 0.242. The third kappa shape index (κ3) is 2.70. The van der Waals surface area contributed by atoms with Gasteiger partial charge in [0.05, 0.1) is 0 Å². The SMILES string of the molecule is Cc1cccc(NCc2cccc(F)c2F)c1Br. The average Bonchev–Trinajstić information content (AvgIpc) is 2.36. The predicted molar refractivity (Wildman–Crippen MR) is 72.6 cm³/mol. The summed E-state index contributed by atoms with van der Waals surface area (Å²) in [5, 5.41) is 3.08. The fourth-order valence-electron chi connectivity index (χ4n) is 1.66. The number of benzene rings is 2. The summed E-state index contributed by atoms with van der Waals surface area (Å²) in [6.07, 6.45) is 0. The van der Waals surface area contributed by atoms with Gasteiger partial charge in [0, 0.05) is 22.3 Å². The third-order valence-corrected chi connectivity index (χ3v) is 3.75. The first-order valence-electron chi connectivity index (χ1n) is 5.51. The van der Waals surface area contributed by atoms with Crippen molar-refractivity contribution >= 4 is 21.6 Å². The Labute approximate surface area is 113 Å². The monoisotopic (exact) mass is 311 g/mol. The Morgan fingerprint density at radius 2 is 1.83 bits per heavy atom. The van der Waals surface area contributed by atoms with E-state index in [1.54, 1.807) is 6.07 Å². The van der Waals surface area contributed by atoms with Crippen LogP contribution in [0, 0.1) is 18.6 Å². The van der Waals surface area contributed by atoms with E-state index in [0.717, 1.165) is 21.8 Å². The van der Waals surface area contributed by atoms with Gasteiger partial charge in [0.2, 0.25) is 0 Å². The molecule has 0 spiro atoms. The highest BCUT2D eigenvalue weighted by Crippen LogP contribution is 2.26. The number of rotatable bonds is 3. The zero-order valence-electron chi connectivity index (χ0n) is 9.81. The maximum Gasteiger partial charge on any atom is 0.163 e. The maximum atomic E-state index is 13.5. The molecule has 0 amide bonds. The van der Waals surface area contributed by atoms with Gasteiger partial charge in [0.15, 0.2) is 11.6 Å². The van der Waals surface area contributed by atoms with E-state index in [0.29, 0.717) is 5.56 Å². The number of nitrogens with one attached hydrogen (secondary N) is 1. The van der Waals surface area contributed by atoms with Crippen LogP contribution in [0.15, 0.2) is 40.9 Å². The summed E-state index contributed by atoms with van der Waals surface area (Å²) in [6.45, 7) is 2.21. The van der Waals surface area contributed by atoms with Crippen molar-refractivity contribution in [2.75, 3.05) is 5.32 Å². The molecular formula is C14H12BrF2N. The van der Waals surface area contributed by atoms with Crippen molar-refractivity contribution in [1.82, 2.24) is 0 Å². The lowest BCUT2D eigenvalue weighted by Gasteiger charge is -2.11. The van der Waals surface area contributed by atoms with Crippen molar-refractivity contribution < 1.29 is 8.78 Å². The Kier molecular flexibility index (Phi) is 3.97. The van der Waals surface area contributed by atoms with E-state index < -0.39 is 11.6 Å². The van der Waals surface area contributed by atoms with Gasteiger partial charge in [-0.15, -0.1) is 0 Å². The highest BCUT2D eigenvalue weighted by Gasteiger charge is 2.08. The fourth-order valence-corrected chi connectivity index (χ4v) is 2.06. The van der Waals surface area contributed by atoms with Crippen molar-refractivity contribution in [3.05, 3.63) is 63.6 Å². The van der Waals surface area contributed by atoms with Gasteiger partial charge in [-0.25, -0.2) is 8.78 Å². The maximum absolute atomic E-state index is 13.5. The average molecular weight is 312 g/mol. The molecule has 0 aromatic heterocycles. The molecule has 0 radical (unpaired) electrons. The van der Waals surface area contributed by atoms with E-state index in [1.807, 2.05) is 25.1 Å². The van der Waals surface area contributed by atoms with Crippen LogP contribution in [0.2, 0.25) is 0 Å². The van der Waals surface area contributed by atoms with Gasteiger partial charge in [-0.05, 0) is 40.5 Å². The number of halogens is 3. The van der Waals surface area contributed by atoms with Crippen LogP contribution in [0.25, 0.3) is 0 Å². The molecule has 0 fully saturated rings. The Morgan fingerprint density at radius 3 is 2.61 bits per heavy atom. The molecule has 2 rings (SSSR count). The summed E-state index contributed by atoms with van der Waals surface area (Å²) in [5.41, 5.74) is 2.25. The number of hydrogen-bond donors (Lipinski definition) is 1. The van der Waals surface area contributed by atoms with Crippen LogP contribution in [0.1, 0.15) is 11.1 Å². The Hall–Kier alpha value is -1.42. The van der Waals surface area contributed by atoms with Crippen LogP contribution < -0.4 is 5.32 Å². The van der Waals surface area contributed by atoms with Crippen molar-refractivity contribution in [3.63, 3.8) is 0 Å². The summed E-state index contributed by atoms with van der Waals surface area (Å²) in [7, 11) is 0. The van der Waals surface area contributed by atoms with Crippen LogP contribution in [-0.4, -0.2) is 0 Å². The Balaban J connectivity index is 2.17. The molecule has 0 aliphatic carbocycles. The summed E-state index contributed by atoms with van der Waals surface area (Å²) in [5.74, 6) is -1.62. The molecule has 2 aromatic rings. The van der Waals surface area contributed by atoms with Crippen molar-refractivity contribution in [3.8, 4) is 0 Å². The topological polar surface area (TPSA) is 12.0 Å². The fraction of sp³-hybridized carbons (Fsp3) is 0.143. The van der Waals surface area contributed by atoms with Gasteiger partial charge < -0.3 is 5.32 Å². The zero-order chi connectivity index (χ0) is 13.1. The van der Waals surface area contributed by atoms with Gasteiger partial charge >= 0.3 is 0 Å². The van der Waals surface area contributed by atoms with E-state index in [-0.39, 0.29) is 6.54 Å². The van der Waals surface area contributed by atoms with E-state index in [2.05, 4.69) is 21.2 Å². The largest absolute Gasteiger partial charge is 0.380 e. The molecule has 2 aromatic carbocycles. The summed E-state index contributed by atoms with van der Waals surface area (Å²) in [4.78, 5) is 0. The highest BCUT2D eigenvalue weighted by molar-refractivity contribution is 9.10. The van der Waals surface area contributed by atoms with Crippen LogP contribution in [0.4, 0.5) is 14.5 Å². The molecule has 0 saturated carbocycles. The summed E-state index contributed by atoms with van der Waals surface area (Å²) < 4.78 is 27.4. The smallest absolute Gasteiger partial charge is 0.163 e. The van der Waals surface area contributed by atoms with Gasteiger partial charge in [-0.1, -0.05) is 24.3 Å². The van der Waals surface area contributed by atoms with Crippen LogP contribution >= 0.6 is 15.9 Å². The van der Waals surface area contributed by atoms with Crippen molar-refractivity contribution in [1.29, 1.82) is 0 Å². The highest BCUT2D eigenvalue weighted by atomic mass is 79.9. The Morgan fingerprint density at radius 1 is 1.11 bits per heavy atom. The predicted octanol–water partition coefficient (Wildman–Crippen LogP) is 4.65. The molecule has 0 atom stereocenters. The van der Waals surface area contributed by atoms with E-state index in [1.165, 1.54) is 6.07 Å². The summed E-state index contributed by atoms with van der Waals surface area (Å²) >= 11 is 3.46. The summed E-state index contributed by atoms with van der Waals surface area (Å²) in [6, 6.07) is 9.94. The first kappa shape index (κ1) is 13.0. The first-order valence-corrected chi connectivity index (χ1v) is 6.31. The number of hydrogen-bond acceptors (Lipinski definition) is 1. The van der Waals surface area contributed by atoms with E-state index >= 15 is 0 Å². The number of anilines is 1. The minimum atomic E-state index is -0.822. The molecule has 0 heterocycles. The molecule has 0 saturated heterocycles. The third-order valence-electron chi connectivity index (χ3n) is 2.69. The molecule has 0 aliphatic heterocycles. The van der Waals surface area contributed by atoms with Gasteiger partial charge in [-0.3, -0.25) is 0 Å². The molecule has 0 bridgehead atoms. The lowest BCUT2D eigenvalue weighted by Crippen LogP contribution is -2.04. The minimum Gasteiger partial charge on any atom is -0.380 e. The first-order chi connectivity index (χ1) is 8.59. The Bertz CT molecular complexity index is 518. The second kappa shape index (κ2) is 5.48. The lowest BCUT2D eigenvalue weighted by atomic mass is 10.2. The zero-order valence-corrected chi connectivity index (χ0v) is 11.4. The molecule has 0 unspecified atom stereocenters. The molecule has 1 N–H and O–H groups in total. The van der Waals surface area contributed by atoms with Crippen molar-refractivity contribution in [2.45, 2.75) is 13.5 Å². The van der Waals surface area contributed by atoms with Gasteiger partial charge in [0.25, 0.3) is 0 Å². The second-order valence-electron chi connectivity index (χ2n) is 4.00. The van der Waals surface area contributed by atoms with Crippen molar-refractivity contribution in [2.24, 2.45) is 0 Å². The quantitative estimate of drug-likeness (QED) is 0.870. The van der Waals surface area contributed by atoms with Crippen LogP contribution in [-0.2, 0) is 6.54 Å². The molecular weight excluding hydrogens is 300 g/mol. The van der Waals surface area contributed by atoms with E-state index in [9.17, 15) is 8.78 Å². The van der Waals surface area contributed by atoms with Gasteiger partial charge in [-0.2, -0.15) is 0 Å². The standard InChI is InChI=1S/C14H12BrF2N/c1-9-4-2-7-12(13(9)15)18-8-10-5-3-6-11(16)14(10)17/h2-7,18H,8H2,1H3. The number of aryl methyl sites for hydroxylation is 1. The normalized spacial score (nSPS) is 10.4. The molecule has 94 valence electrons. The van der Waals surface area contributed by atoms with E-state index in [4.69, 9.17) is 0 Å². The molecule has 18 heavy (non-hydrogen) atoms. The van der Waals surface area contributed by atoms with Crippen LogP contribution in [0.5, 0.6) is 0 Å². The molecule has 1 nitrogen and oxygen atoms in total. The van der Waals surface area contributed by atoms with Crippen LogP contribution in [0.3, 0.4) is 0 Å². The molecule has 4 heteroatoms. The lowest BCUT2D eigenvalue weighted by molar-refractivity contribution is 0.500. The second-order valence-corrected chi connectivity index (χ2v) is 4.80. The molecule has 0 aliphatic rings.